The van der Waals surface area contributed by atoms with Crippen molar-refractivity contribution in [2.75, 3.05) is 0 Å². The molecule has 0 N–H and O–H groups in total. The number of carbonyl (C=O) groups excluding carboxylic acids is 1. The van der Waals surface area contributed by atoms with Gasteiger partial charge in [0.2, 0.25) is 0 Å². The fraction of sp³-hybridized carbons (Fsp3) is 0.0435. The Hall–Kier alpha value is -4.06. The number of hydrogen-bond acceptors (Lipinski definition) is 5. The van der Waals surface area contributed by atoms with Crippen molar-refractivity contribution in [2.24, 2.45) is 0 Å². The number of para-hydroxylation sites is 1. The number of fused-ring (bicyclic) bond motifs is 2. The maximum atomic E-state index is 13.1. The van der Waals surface area contributed by atoms with E-state index in [-0.39, 0.29) is 6.61 Å². The van der Waals surface area contributed by atoms with Crippen LogP contribution in [0.3, 0.4) is 0 Å². The Labute approximate surface area is 166 Å². The highest BCUT2D eigenvalue weighted by Crippen LogP contribution is 2.29. The zero-order valence-corrected chi connectivity index (χ0v) is 15.4. The van der Waals surface area contributed by atoms with Gasteiger partial charge in [-0.15, -0.1) is 5.10 Å². The molecule has 5 aromatic rings. The summed E-state index contributed by atoms with van der Waals surface area (Å²) in [6.45, 7) is -0.0295. The molecule has 0 bridgehead atoms. The number of esters is 1. The van der Waals surface area contributed by atoms with Gasteiger partial charge in [0.25, 0.3) is 0 Å². The van der Waals surface area contributed by atoms with Gasteiger partial charge < -0.3 is 4.74 Å². The van der Waals surface area contributed by atoms with Crippen LogP contribution in [-0.2, 0) is 11.3 Å². The first-order chi connectivity index (χ1) is 14.3. The monoisotopic (exact) mass is 380 g/mol. The highest BCUT2D eigenvalue weighted by Gasteiger charge is 2.18. The van der Waals surface area contributed by atoms with Gasteiger partial charge in [-0.25, -0.2) is 4.79 Å². The first-order valence-electron chi connectivity index (χ1n) is 9.21. The van der Waals surface area contributed by atoms with E-state index >= 15 is 0 Å². The van der Waals surface area contributed by atoms with Crippen LogP contribution in [0.2, 0.25) is 0 Å². The van der Waals surface area contributed by atoms with E-state index in [2.05, 4.69) is 21.6 Å². The molecule has 0 atom stereocenters. The van der Waals surface area contributed by atoms with Crippen molar-refractivity contribution in [1.82, 2.24) is 20.2 Å². The molecular weight excluding hydrogens is 364 g/mol. The van der Waals surface area contributed by atoms with E-state index in [9.17, 15) is 4.79 Å². The average molecular weight is 380 g/mol. The van der Waals surface area contributed by atoms with Gasteiger partial charge in [0, 0.05) is 0 Å². The third-order valence-corrected chi connectivity index (χ3v) is 4.84. The minimum Gasteiger partial charge on any atom is -0.454 e. The van der Waals surface area contributed by atoms with Crippen molar-refractivity contribution in [1.29, 1.82) is 0 Å². The van der Waals surface area contributed by atoms with E-state index in [0.29, 0.717) is 11.4 Å². The molecule has 140 valence electrons. The normalized spacial score (nSPS) is 11.0. The van der Waals surface area contributed by atoms with Gasteiger partial charge in [0.05, 0.1) is 11.3 Å². The van der Waals surface area contributed by atoms with Crippen molar-refractivity contribution >= 4 is 27.5 Å². The lowest BCUT2D eigenvalue weighted by atomic mass is 9.97. The Morgan fingerprint density at radius 2 is 1.45 bits per heavy atom. The van der Waals surface area contributed by atoms with Crippen molar-refractivity contribution in [3.05, 3.63) is 96.3 Å². The quantitative estimate of drug-likeness (QED) is 0.343. The van der Waals surface area contributed by atoms with E-state index < -0.39 is 5.97 Å². The van der Waals surface area contributed by atoms with Gasteiger partial charge in [-0.1, -0.05) is 66.7 Å². The smallest absolute Gasteiger partial charge is 0.339 e. The van der Waals surface area contributed by atoms with Gasteiger partial charge >= 0.3 is 5.97 Å². The fourth-order valence-electron chi connectivity index (χ4n) is 3.50. The second-order valence-electron chi connectivity index (χ2n) is 6.61. The Balaban J connectivity index is 1.51. The van der Waals surface area contributed by atoms with Crippen molar-refractivity contribution in [3.63, 3.8) is 0 Å². The molecule has 0 radical (unpaired) electrons. The molecule has 0 saturated heterocycles. The number of carbonyl (C=O) groups is 1. The molecule has 29 heavy (non-hydrogen) atoms. The third-order valence-electron chi connectivity index (χ3n) is 4.84. The number of tetrazole rings is 1. The number of hydrogen-bond donors (Lipinski definition) is 0. The summed E-state index contributed by atoms with van der Waals surface area (Å²) in [6.07, 6.45) is 0. The van der Waals surface area contributed by atoms with Gasteiger partial charge in [-0.05, 0) is 50.2 Å². The Morgan fingerprint density at radius 1 is 0.828 bits per heavy atom. The predicted molar refractivity (Wildman–Crippen MR) is 110 cm³/mol. The zero-order chi connectivity index (χ0) is 19.6. The number of nitrogens with zero attached hydrogens (tertiary/aromatic N) is 4. The summed E-state index contributed by atoms with van der Waals surface area (Å²) in [6, 6.07) is 27.2. The maximum absolute atomic E-state index is 13.1. The van der Waals surface area contributed by atoms with Crippen molar-refractivity contribution in [3.8, 4) is 5.69 Å². The summed E-state index contributed by atoms with van der Waals surface area (Å²) in [4.78, 5) is 13.1. The first-order valence-corrected chi connectivity index (χ1v) is 9.21. The molecule has 0 aliphatic heterocycles. The molecule has 0 spiro atoms. The van der Waals surface area contributed by atoms with Crippen LogP contribution in [0.1, 0.15) is 16.2 Å². The molecule has 0 saturated carbocycles. The topological polar surface area (TPSA) is 69.9 Å². The minimum atomic E-state index is -0.402. The molecule has 4 aromatic carbocycles. The lowest BCUT2D eigenvalue weighted by Crippen LogP contribution is -2.11. The van der Waals surface area contributed by atoms with Crippen LogP contribution in [0.25, 0.3) is 27.2 Å². The van der Waals surface area contributed by atoms with Gasteiger partial charge in [0.1, 0.15) is 0 Å². The van der Waals surface area contributed by atoms with E-state index in [1.54, 1.807) is 4.68 Å². The average Bonchev–Trinajstić information content (AvgIpc) is 3.25. The Kier molecular flexibility index (Phi) is 4.22. The standard InChI is InChI=1S/C23H16N4O2/c28-23(29-15-21-24-25-26-27(21)18-10-2-1-3-11-18)22-19-12-6-4-8-16(19)14-17-9-5-7-13-20(17)22/h1-14H,15H2. The van der Waals surface area contributed by atoms with Crippen molar-refractivity contribution < 1.29 is 9.53 Å². The molecule has 0 fully saturated rings. The second kappa shape index (κ2) is 7.16. The molecular formula is C23H16N4O2. The molecule has 1 heterocycles. The fourth-order valence-corrected chi connectivity index (χ4v) is 3.50. The van der Waals surface area contributed by atoms with Crippen LogP contribution in [0.4, 0.5) is 0 Å². The summed E-state index contributed by atoms with van der Waals surface area (Å²) in [7, 11) is 0. The van der Waals surface area contributed by atoms with Crippen LogP contribution in [0.5, 0.6) is 0 Å². The van der Waals surface area contributed by atoms with Crippen LogP contribution in [-0.4, -0.2) is 26.2 Å². The number of ether oxygens (including phenoxy) is 1. The molecule has 0 unspecified atom stereocenters. The van der Waals surface area contributed by atoms with Crippen LogP contribution < -0.4 is 0 Å². The van der Waals surface area contributed by atoms with E-state index in [1.165, 1.54) is 0 Å². The first kappa shape index (κ1) is 17.1. The Bertz CT molecular complexity index is 1270. The predicted octanol–water partition coefficient (Wildman–Crippen LogP) is 4.33. The van der Waals surface area contributed by atoms with E-state index in [4.69, 9.17) is 4.74 Å². The second-order valence-corrected chi connectivity index (χ2v) is 6.61. The Morgan fingerprint density at radius 3 is 2.14 bits per heavy atom. The summed E-state index contributed by atoms with van der Waals surface area (Å²) in [5.41, 5.74) is 1.36. The number of aromatic nitrogens is 4. The zero-order valence-electron chi connectivity index (χ0n) is 15.4. The van der Waals surface area contributed by atoms with Crippen LogP contribution >= 0.6 is 0 Å². The number of benzene rings is 4. The SMILES string of the molecule is O=C(OCc1nnnn1-c1ccccc1)c1c2ccccc2cc2ccccc12. The lowest BCUT2D eigenvalue weighted by molar-refractivity contribution is 0.0464. The van der Waals surface area contributed by atoms with Gasteiger partial charge in [-0.3, -0.25) is 0 Å². The molecule has 6 nitrogen and oxygen atoms in total. The summed E-state index contributed by atoms with van der Waals surface area (Å²) in [5, 5.41) is 15.4. The lowest BCUT2D eigenvalue weighted by Gasteiger charge is -2.11. The molecule has 6 heteroatoms. The maximum Gasteiger partial charge on any atom is 0.339 e. The summed E-state index contributed by atoms with van der Waals surface area (Å²) >= 11 is 0. The third kappa shape index (κ3) is 3.10. The van der Waals surface area contributed by atoms with Crippen LogP contribution in [0, 0.1) is 0 Å². The van der Waals surface area contributed by atoms with Crippen LogP contribution in [0.15, 0.2) is 84.9 Å². The molecule has 5 rings (SSSR count). The highest BCUT2D eigenvalue weighted by molar-refractivity contribution is 6.16. The minimum absolute atomic E-state index is 0.0295. The molecule has 0 aliphatic carbocycles. The van der Waals surface area contributed by atoms with Gasteiger partial charge in [-0.2, -0.15) is 4.68 Å². The highest BCUT2D eigenvalue weighted by atomic mass is 16.5. The van der Waals surface area contributed by atoms with Crippen molar-refractivity contribution in [2.45, 2.75) is 6.61 Å². The molecule has 0 aliphatic rings. The summed E-state index contributed by atoms with van der Waals surface area (Å²) in [5.74, 6) is 0.0507. The van der Waals surface area contributed by atoms with E-state index in [0.717, 1.165) is 27.2 Å². The number of rotatable bonds is 4. The largest absolute Gasteiger partial charge is 0.454 e. The van der Waals surface area contributed by atoms with Gasteiger partial charge in [0.15, 0.2) is 12.4 Å². The molecule has 0 amide bonds. The molecule has 1 aromatic heterocycles. The van der Waals surface area contributed by atoms with E-state index in [1.807, 2.05) is 78.9 Å². The summed E-state index contributed by atoms with van der Waals surface area (Å²) < 4.78 is 7.21.